The van der Waals surface area contributed by atoms with Crippen molar-refractivity contribution in [3.8, 4) is 0 Å². The quantitative estimate of drug-likeness (QED) is 0.458. The normalized spacial score (nSPS) is 10.2. The van der Waals surface area contributed by atoms with E-state index in [1.54, 1.807) is 6.55 Å². The van der Waals surface area contributed by atoms with Crippen molar-refractivity contribution in [1.82, 2.24) is 0 Å². The summed E-state index contributed by atoms with van der Waals surface area (Å²) >= 11 is 0. The van der Waals surface area contributed by atoms with Gasteiger partial charge < -0.3 is 27.5 Å². The molecule has 0 atom stereocenters. The van der Waals surface area contributed by atoms with Crippen molar-refractivity contribution >= 4 is 8.80 Å². The lowest BCUT2D eigenvalue weighted by atomic mass is 10.4. The van der Waals surface area contributed by atoms with E-state index in [9.17, 15) is 0 Å². The summed E-state index contributed by atoms with van der Waals surface area (Å²) in [5.41, 5.74) is 2.60. The average Bonchev–Trinajstić information content (AvgIpc) is 2.47. The molecule has 0 aromatic heterocycles. The van der Waals surface area contributed by atoms with E-state index in [4.69, 9.17) is 27.5 Å². The highest BCUT2D eigenvalue weighted by Crippen LogP contribution is 2.25. The highest BCUT2D eigenvalue weighted by Gasteiger charge is 2.46. The molecule has 0 saturated heterocycles. The first-order valence-electron chi connectivity index (χ1n) is 7.31. The summed E-state index contributed by atoms with van der Waals surface area (Å²) in [7, 11) is 1.37. The van der Waals surface area contributed by atoms with E-state index >= 15 is 0 Å². The summed E-state index contributed by atoms with van der Waals surface area (Å²) in [5, 5.41) is 0. The fraction of sp³-hybridized carbons (Fsp3) is 0.625. The van der Waals surface area contributed by atoms with Crippen LogP contribution in [-0.2, 0) is 27.5 Å². The third-order valence-electron chi connectivity index (χ3n) is 2.62. The van der Waals surface area contributed by atoms with Gasteiger partial charge in [0, 0.05) is 23.3 Å². The number of hydrogen-bond donors (Lipinski definition) is 0. The van der Waals surface area contributed by atoms with Gasteiger partial charge >= 0.3 is 8.80 Å². The largest absolute Gasteiger partial charge is 0.702 e. The van der Waals surface area contributed by atoms with Gasteiger partial charge in [-0.1, -0.05) is 0 Å². The third-order valence-corrected chi connectivity index (χ3v) is 4.28. The van der Waals surface area contributed by atoms with Crippen molar-refractivity contribution in [3.63, 3.8) is 0 Å². The van der Waals surface area contributed by atoms with Crippen LogP contribution in [0.1, 0.15) is 41.5 Å². The zero-order chi connectivity index (χ0) is 18.2. The summed E-state index contributed by atoms with van der Waals surface area (Å²) < 4.78 is 33.6. The zero-order valence-corrected chi connectivity index (χ0v) is 16.9. The lowest BCUT2D eigenvalue weighted by Crippen LogP contribution is -2.43. The minimum Gasteiger partial charge on any atom is -0.470 e. The molecular formula is C16H30O6Si. The standard InChI is InChI=1S/C16H30O6Si/c1-11(2)14(17-7)20-23(10,21-15(18-8)12(3)4)22-16(19-9)13(5)6/h1-10H3. The molecule has 0 aliphatic carbocycles. The molecule has 0 N–H and O–H groups in total. The van der Waals surface area contributed by atoms with Gasteiger partial charge in [-0.05, 0) is 41.5 Å². The Hall–Kier alpha value is -1.76. The van der Waals surface area contributed by atoms with Crippen LogP contribution in [0.2, 0.25) is 6.55 Å². The fourth-order valence-electron chi connectivity index (χ4n) is 1.61. The summed E-state index contributed by atoms with van der Waals surface area (Å²) in [6, 6.07) is 0. The molecular weight excluding hydrogens is 316 g/mol. The molecule has 0 heterocycles. The molecule has 0 radical (unpaired) electrons. The topological polar surface area (TPSA) is 55.4 Å². The molecule has 0 amide bonds. The van der Waals surface area contributed by atoms with Gasteiger partial charge in [0.15, 0.2) is 0 Å². The van der Waals surface area contributed by atoms with Crippen molar-refractivity contribution in [3.05, 3.63) is 34.6 Å². The second-order valence-corrected chi connectivity index (χ2v) is 7.98. The first kappa shape index (κ1) is 21.2. The maximum atomic E-state index is 5.94. The predicted molar refractivity (Wildman–Crippen MR) is 91.0 cm³/mol. The van der Waals surface area contributed by atoms with E-state index in [1.165, 1.54) is 21.3 Å². The molecule has 0 aliphatic rings. The van der Waals surface area contributed by atoms with Crippen LogP contribution >= 0.6 is 0 Å². The molecule has 6 nitrogen and oxygen atoms in total. The van der Waals surface area contributed by atoms with Gasteiger partial charge in [0.2, 0.25) is 0 Å². The summed E-state index contributed by atoms with van der Waals surface area (Å²) in [5.74, 6) is 1.06. The van der Waals surface area contributed by atoms with Crippen LogP contribution in [-0.4, -0.2) is 30.1 Å². The second kappa shape index (κ2) is 9.39. The molecule has 0 aliphatic heterocycles. The molecule has 0 aromatic rings. The Labute approximate surface area is 141 Å². The molecule has 7 heteroatoms. The highest BCUT2D eigenvalue weighted by atomic mass is 28.4. The molecule has 0 aromatic carbocycles. The molecule has 0 unspecified atom stereocenters. The number of rotatable bonds is 9. The van der Waals surface area contributed by atoms with Crippen LogP contribution in [0, 0.1) is 0 Å². The van der Waals surface area contributed by atoms with Gasteiger partial charge in [0.25, 0.3) is 17.8 Å². The van der Waals surface area contributed by atoms with Crippen LogP contribution in [0.3, 0.4) is 0 Å². The van der Waals surface area contributed by atoms with Crippen molar-refractivity contribution < 1.29 is 27.5 Å². The van der Waals surface area contributed by atoms with E-state index in [-0.39, 0.29) is 0 Å². The molecule has 0 bridgehead atoms. The Balaban J connectivity index is 5.74. The predicted octanol–water partition coefficient (Wildman–Crippen LogP) is 4.30. The average molecular weight is 346 g/mol. The van der Waals surface area contributed by atoms with Gasteiger partial charge in [-0.15, -0.1) is 0 Å². The number of hydrogen-bond acceptors (Lipinski definition) is 6. The van der Waals surface area contributed by atoms with E-state index in [0.29, 0.717) is 17.8 Å². The minimum absolute atomic E-state index is 0.354. The maximum Gasteiger partial charge on any atom is 0.702 e. The van der Waals surface area contributed by atoms with Crippen LogP contribution in [0.5, 0.6) is 0 Å². The van der Waals surface area contributed by atoms with Gasteiger partial charge in [-0.3, -0.25) is 0 Å². The van der Waals surface area contributed by atoms with E-state index in [0.717, 1.165) is 16.7 Å². The van der Waals surface area contributed by atoms with Gasteiger partial charge in [-0.25, -0.2) is 0 Å². The first-order valence-corrected chi connectivity index (χ1v) is 9.54. The summed E-state index contributed by atoms with van der Waals surface area (Å²) in [4.78, 5) is 0. The van der Waals surface area contributed by atoms with Crippen LogP contribution in [0.25, 0.3) is 0 Å². The van der Waals surface area contributed by atoms with Gasteiger partial charge in [0.1, 0.15) is 0 Å². The molecule has 23 heavy (non-hydrogen) atoms. The first-order chi connectivity index (χ1) is 10.6. The van der Waals surface area contributed by atoms with Crippen molar-refractivity contribution in [2.24, 2.45) is 0 Å². The third kappa shape index (κ3) is 6.90. The smallest absolute Gasteiger partial charge is 0.470 e. The molecule has 0 saturated carbocycles. The van der Waals surface area contributed by atoms with Gasteiger partial charge in [-0.2, -0.15) is 0 Å². The second-order valence-electron chi connectivity index (χ2n) is 5.64. The minimum atomic E-state index is -3.24. The van der Waals surface area contributed by atoms with Crippen molar-refractivity contribution in [2.45, 2.75) is 48.1 Å². The molecule has 0 spiro atoms. The lowest BCUT2D eigenvalue weighted by Gasteiger charge is -2.29. The number of methoxy groups -OCH3 is 3. The Morgan fingerprint density at radius 1 is 0.522 bits per heavy atom. The van der Waals surface area contributed by atoms with Crippen molar-refractivity contribution in [1.29, 1.82) is 0 Å². The molecule has 0 rings (SSSR count). The monoisotopic (exact) mass is 346 g/mol. The van der Waals surface area contributed by atoms with Gasteiger partial charge in [0.05, 0.1) is 21.3 Å². The van der Waals surface area contributed by atoms with Crippen LogP contribution < -0.4 is 0 Å². The summed E-state index contributed by atoms with van der Waals surface area (Å²) in [6.45, 7) is 13.0. The zero-order valence-electron chi connectivity index (χ0n) is 15.9. The highest BCUT2D eigenvalue weighted by molar-refractivity contribution is 6.60. The molecule has 134 valence electrons. The van der Waals surface area contributed by atoms with Crippen LogP contribution in [0.15, 0.2) is 34.6 Å². The SMILES string of the molecule is COC(O[Si](C)(OC(OC)=C(C)C)OC(OC)=C(C)C)=C(C)C. The number of allylic oxidation sites excluding steroid dienone is 3. The number of ether oxygens (including phenoxy) is 3. The van der Waals surface area contributed by atoms with Crippen LogP contribution in [0.4, 0.5) is 0 Å². The van der Waals surface area contributed by atoms with E-state index in [2.05, 4.69) is 0 Å². The molecule has 0 fully saturated rings. The van der Waals surface area contributed by atoms with E-state index in [1.807, 2.05) is 41.5 Å². The van der Waals surface area contributed by atoms with E-state index < -0.39 is 8.80 Å². The fourth-order valence-corrected chi connectivity index (χ4v) is 3.61. The van der Waals surface area contributed by atoms with Crippen molar-refractivity contribution in [2.75, 3.05) is 21.3 Å². The Bertz CT molecular complexity index is 411. The summed E-state index contributed by atoms with van der Waals surface area (Å²) in [6.07, 6.45) is 0. The Morgan fingerprint density at radius 3 is 0.870 bits per heavy atom. The lowest BCUT2D eigenvalue weighted by molar-refractivity contribution is 0.00838. The Morgan fingerprint density at radius 2 is 0.739 bits per heavy atom. The maximum absolute atomic E-state index is 5.94. The Kier molecular flexibility index (Phi) is 8.67.